The Morgan fingerprint density at radius 2 is 1.57 bits per heavy atom. The van der Waals surface area contributed by atoms with Crippen LogP contribution in [-0.4, -0.2) is 31.6 Å². The van der Waals surface area contributed by atoms with E-state index in [1.54, 1.807) is 0 Å². The Morgan fingerprint density at radius 1 is 0.857 bits per heavy atom. The third kappa shape index (κ3) is 3.42. The monoisotopic (exact) mass is 369 g/mol. The lowest BCUT2D eigenvalue weighted by molar-refractivity contribution is 0.209. The Kier molecular flexibility index (Phi) is 4.39. The van der Waals surface area contributed by atoms with Crippen LogP contribution < -0.4 is 0 Å². The first-order valence-corrected chi connectivity index (χ1v) is 9.36. The second-order valence-electron chi connectivity index (χ2n) is 6.87. The molecule has 0 fully saturated rings. The molecule has 0 bridgehead atoms. The molecule has 4 aromatic rings. The van der Waals surface area contributed by atoms with E-state index in [0.717, 1.165) is 47.7 Å². The minimum Gasteiger partial charge on any atom is -0.338 e. The molecule has 6 nitrogen and oxygen atoms in total. The van der Waals surface area contributed by atoms with E-state index < -0.39 is 0 Å². The van der Waals surface area contributed by atoms with Gasteiger partial charge in [0.2, 0.25) is 11.7 Å². The molecule has 2 aromatic heterocycles. The second-order valence-corrected chi connectivity index (χ2v) is 6.87. The first-order chi connectivity index (χ1) is 13.8. The van der Waals surface area contributed by atoms with Gasteiger partial charge in [0.15, 0.2) is 5.82 Å². The lowest BCUT2D eigenvalue weighted by Crippen LogP contribution is -2.31. The topological polar surface area (TPSA) is 67.9 Å². The maximum absolute atomic E-state index is 5.45. The van der Waals surface area contributed by atoms with E-state index >= 15 is 0 Å². The normalized spacial score (nSPS) is 14.0. The van der Waals surface area contributed by atoms with Gasteiger partial charge in [-0.1, -0.05) is 65.8 Å². The van der Waals surface area contributed by atoms with Crippen LogP contribution >= 0.6 is 0 Å². The van der Waals surface area contributed by atoms with E-state index in [0.29, 0.717) is 18.3 Å². The van der Waals surface area contributed by atoms with E-state index in [1.165, 1.54) is 0 Å². The van der Waals surface area contributed by atoms with Crippen molar-refractivity contribution in [1.82, 2.24) is 25.0 Å². The predicted molar refractivity (Wildman–Crippen MR) is 105 cm³/mol. The van der Waals surface area contributed by atoms with Crippen LogP contribution in [0.25, 0.3) is 22.8 Å². The van der Waals surface area contributed by atoms with Crippen LogP contribution in [0.5, 0.6) is 0 Å². The van der Waals surface area contributed by atoms with Crippen LogP contribution in [0.1, 0.15) is 17.1 Å². The maximum atomic E-state index is 5.45. The molecule has 0 aliphatic carbocycles. The van der Waals surface area contributed by atoms with Gasteiger partial charge < -0.3 is 4.52 Å². The van der Waals surface area contributed by atoms with Crippen LogP contribution in [0.15, 0.2) is 71.4 Å². The van der Waals surface area contributed by atoms with Gasteiger partial charge in [-0.05, 0) is 0 Å². The highest BCUT2D eigenvalue weighted by Crippen LogP contribution is 2.22. The molecule has 6 heteroatoms. The second kappa shape index (κ2) is 7.32. The Bertz CT molecular complexity index is 1080. The zero-order chi connectivity index (χ0) is 18.8. The third-order valence-corrected chi connectivity index (χ3v) is 4.90. The number of aromatic nitrogens is 4. The summed E-state index contributed by atoms with van der Waals surface area (Å²) in [5.41, 5.74) is 4.30. The van der Waals surface area contributed by atoms with Crippen molar-refractivity contribution in [3.05, 3.63) is 84.0 Å². The fourth-order valence-electron chi connectivity index (χ4n) is 3.45. The SMILES string of the molecule is c1ccc(-c2noc(CN3CCc4nc(-c5ccccc5)ncc4C3)n2)cc1. The highest BCUT2D eigenvalue weighted by atomic mass is 16.5. The van der Waals surface area contributed by atoms with E-state index in [9.17, 15) is 0 Å². The smallest absolute Gasteiger partial charge is 0.241 e. The van der Waals surface area contributed by atoms with Crippen LogP contribution in [0, 0.1) is 0 Å². The van der Waals surface area contributed by atoms with Gasteiger partial charge in [-0.2, -0.15) is 4.98 Å². The van der Waals surface area contributed by atoms with Crippen molar-refractivity contribution in [2.75, 3.05) is 6.54 Å². The molecule has 3 heterocycles. The molecule has 5 rings (SSSR count). The minimum absolute atomic E-state index is 0.625. The fourth-order valence-corrected chi connectivity index (χ4v) is 3.45. The van der Waals surface area contributed by atoms with E-state index in [-0.39, 0.29) is 0 Å². The number of fused-ring (bicyclic) bond motifs is 1. The molecule has 0 unspecified atom stereocenters. The van der Waals surface area contributed by atoms with Crippen molar-refractivity contribution in [2.24, 2.45) is 0 Å². The van der Waals surface area contributed by atoms with Gasteiger partial charge in [0.1, 0.15) is 0 Å². The molecule has 0 spiro atoms. The van der Waals surface area contributed by atoms with Crippen LogP contribution in [0.3, 0.4) is 0 Å². The minimum atomic E-state index is 0.625. The average molecular weight is 369 g/mol. The molecule has 1 aliphatic rings. The van der Waals surface area contributed by atoms with Gasteiger partial charge in [-0.25, -0.2) is 9.97 Å². The number of nitrogens with zero attached hydrogens (tertiary/aromatic N) is 5. The molecule has 0 amide bonds. The Labute approximate surface area is 162 Å². The average Bonchev–Trinajstić information content (AvgIpc) is 3.23. The van der Waals surface area contributed by atoms with Crippen molar-refractivity contribution in [3.8, 4) is 22.8 Å². The molecule has 0 saturated heterocycles. The summed E-state index contributed by atoms with van der Waals surface area (Å²) in [7, 11) is 0. The molecule has 2 aromatic carbocycles. The summed E-state index contributed by atoms with van der Waals surface area (Å²) >= 11 is 0. The quantitative estimate of drug-likeness (QED) is 0.546. The van der Waals surface area contributed by atoms with Crippen molar-refractivity contribution in [2.45, 2.75) is 19.5 Å². The molecule has 0 N–H and O–H groups in total. The largest absolute Gasteiger partial charge is 0.338 e. The Balaban J connectivity index is 1.30. The van der Waals surface area contributed by atoms with Crippen molar-refractivity contribution in [3.63, 3.8) is 0 Å². The van der Waals surface area contributed by atoms with Crippen molar-refractivity contribution in [1.29, 1.82) is 0 Å². The summed E-state index contributed by atoms with van der Waals surface area (Å²) in [6.07, 6.45) is 2.83. The first-order valence-electron chi connectivity index (χ1n) is 9.36. The first kappa shape index (κ1) is 16.8. The molecule has 0 radical (unpaired) electrons. The number of hydrogen-bond donors (Lipinski definition) is 0. The number of benzene rings is 2. The van der Waals surface area contributed by atoms with Gasteiger partial charge in [-0.3, -0.25) is 4.90 Å². The van der Waals surface area contributed by atoms with Gasteiger partial charge >= 0.3 is 0 Å². The Hall–Kier alpha value is -3.38. The Morgan fingerprint density at radius 3 is 2.32 bits per heavy atom. The van der Waals surface area contributed by atoms with Crippen LogP contribution in [-0.2, 0) is 19.5 Å². The van der Waals surface area contributed by atoms with E-state index in [4.69, 9.17) is 9.51 Å². The van der Waals surface area contributed by atoms with Crippen LogP contribution in [0.4, 0.5) is 0 Å². The molecule has 1 aliphatic heterocycles. The van der Waals surface area contributed by atoms with E-state index in [2.05, 4.69) is 20.0 Å². The lowest BCUT2D eigenvalue weighted by Gasteiger charge is -2.26. The zero-order valence-corrected chi connectivity index (χ0v) is 15.3. The predicted octanol–water partition coefficient (Wildman–Crippen LogP) is 3.75. The molecular formula is C22H19N5O. The summed E-state index contributed by atoms with van der Waals surface area (Å²) in [4.78, 5) is 16.2. The molecule has 0 atom stereocenters. The summed E-state index contributed by atoms with van der Waals surface area (Å²) in [5.74, 6) is 2.05. The molecule has 28 heavy (non-hydrogen) atoms. The van der Waals surface area contributed by atoms with Gasteiger partial charge in [0.25, 0.3) is 0 Å². The number of rotatable bonds is 4. The highest BCUT2D eigenvalue weighted by molar-refractivity contribution is 5.55. The number of hydrogen-bond acceptors (Lipinski definition) is 6. The summed E-state index contributed by atoms with van der Waals surface area (Å²) in [6, 6.07) is 20.0. The van der Waals surface area contributed by atoms with Gasteiger partial charge in [0.05, 0.1) is 12.2 Å². The van der Waals surface area contributed by atoms with Gasteiger partial charge in [-0.15, -0.1) is 0 Å². The summed E-state index contributed by atoms with van der Waals surface area (Å²) < 4.78 is 5.45. The van der Waals surface area contributed by atoms with Crippen LogP contribution in [0.2, 0.25) is 0 Å². The third-order valence-electron chi connectivity index (χ3n) is 4.90. The maximum Gasteiger partial charge on any atom is 0.241 e. The molecular weight excluding hydrogens is 350 g/mol. The lowest BCUT2D eigenvalue weighted by atomic mass is 10.1. The van der Waals surface area contributed by atoms with Crippen molar-refractivity contribution < 1.29 is 4.52 Å². The molecule has 0 saturated carbocycles. The van der Waals surface area contributed by atoms with E-state index in [1.807, 2.05) is 66.9 Å². The zero-order valence-electron chi connectivity index (χ0n) is 15.3. The van der Waals surface area contributed by atoms with Crippen molar-refractivity contribution >= 4 is 0 Å². The highest BCUT2D eigenvalue weighted by Gasteiger charge is 2.21. The molecule has 138 valence electrons. The summed E-state index contributed by atoms with van der Waals surface area (Å²) in [5, 5.41) is 4.10. The van der Waals surface area contributed by atoms with Gasteiger partial charge in [0, 0.05) is 42.4 Å². The fraction of sp³-hybridized carbons (Fsp3) is 0.182. The summed E-state index contributed by atoms with van der Waals surface area (Å²) in [6.45, 7) is 2.31. The standard InChI is InChI=1S/C22H19N5O/c1-3-7-16(8-4-1)21-23-13-18-14-27(12-11-19(18)24-21)15-20-25-22(26-28-20)17-9-5-2-6-10-17/h1-10,13H,11-12,14-15H2.